The molecule has 3 N–H and O–H groups in total. The standard InChI is InChI=1S/C17H22N4O/c1-17(2,3)12-10-13(19)16(14(22)4-7-18)21-15(12)11-5-8-20-9-6-11/h5,10,20H,4,6,8-9,19H2,1-3H3. The fourth-order valence-corrected chi connectivity index (χ4v) is 2.56. The van der Waals surface area contributed by atoms with E-state index >= 15 is 0 Å². The van der Waals surface area contributed by atoms with E-state index in [0.717, 1.165) is 36.3 Å². The highest BCUT2D eigenvalue weighted by Crippen LogP contribution is 2.33. The first kappa shape index (κ1) is 16.2. The van der Waals surface area contributed by atoms with Crippen LogP contribution >= 0.6 is 0 Å². The van der Waals surface area contributed by atoms with Gasteiger partial charge in [-0.25, -0.2) is 4.98 Å². The van der Waals surface area contributed by atoms with Gasteiger partial charge in [-0.15, -0.1) is 0 Å². The molecule has 0 bridgehead atoms. The van der Waals surface area contributed by atoms with Gasteiger partial charge in [0.05, 0.1) is 17.5 Å². The van der Waals surface area contributed by atoms with Crippen LogP contribution in [-0.4, -0.2) is 23.9 Å². The molecule has 0 fully saturated rings. The molecule has 1 aliphatic heterocycles. The summed E-state index contributed by atoms with van der Waals surface area (Å²) in [5.74, 6) is -0.323. The predicted octanol–water partition coefficient (Wildman–Crippen LogP) is 2.43. The summed E-state index contributed by atoms with van der Waals surface area (Å²) in [6.07, 6.45) is 2.77. The van der Waals surface area contributed by atoms with Crippen LogP contribution in [0.5, 0.6) is 0 Å². The fraction of sp³-hybridized carbons (Fsp3) is 0.471. The van der Waals surface area contributed by atoms with E-state index in [0.29, 0.717) is 5.69 Å². The van der Waals surface area contributed by atoms with Crippen molar-refractivity contribution < 1.29 is 4.79 Å². The Hall–Kier alpha value is -2.19. The molecule has 5 heteroatoms. The third-order valence-electron chi connectivity index (χ3n) is 3.73. The predicted molar refractivity (Wildman–Crippen MR) is 87.4 cm³/mol. The Labute approximate surface area is 131 Å². The molecule has 5 nitrogen and oxygen atoms in total. The van der Waals surface area contributed by atoms with E-state index in [4.69, 9.17) is 11.0 Å². The maximum atomic E-state index is 12.1. The van der Waals surface area contributed by atoms with E-state index in [-0.39, 0.29) is 23.3 Å². The van der Waals surface area contributed by atoms with E-state index in [1.54, 1.807) is 0 Å². The molecule has 1 aliphatic rings. The second kappa shape index (κ2) is 6.29. The molecule has 22 heavy (non-hydrogen) atoms. The quantitative estimate of drug-likeness (QED) is 0.836. The molecule has 2 heterocycles. The number of hydrogen-bond donors (Lipinski definition) is 2. The van der Waals surface area contributed by atoms with Crippen molar-refractivity contribution in [2.75, 3.05) is 18.8 Å². The van der Waals surface area contributed by atoms with Crippen LogP contribution < -0.4 is 11.1 Å². The van der Waals surface area contributed by atoms with Crippen molar-refractivity contribution in [1.82, 2.24) is 10.3 Å². The molecule has 0 aromatic carbocycles. The zero-order valence-electron chi connectivity index (χ0n) is 13.4. The second-order valence-electron chi connectivity index (χ2n) is 6.51. The minimum Gasteiger partial charge on any atom is -0.397 e. The van der Waals surface area contributed by atoms with Crippen molar-refractivity contribution in [2.24, 2.45) is 0 Å². The van der Waals surface area contributed by atoms with Crippen LogP contribution in [0.2, 0.25) is 0 Å². The molecule has 0 radical (unpaired) electrons. The van der Waals surface area contributed by atoms with Crippen molar-refractivity contribution in [3.8, 4) is 6.07 Å². The third kappa shape index (κ3) is 3.34. The molecule has 0 atom stereocenters. The van der Waals surface area contributed by atoms with Gasteiger partial charge in [0, 0.05) is 6.54 Å². The first-order valence-electron chi connectivity index (χ1n) is 7.46. The summed E-state index contributed by atoms with van der Waals surface area (Å²) < 4.78 is 0. The lowest BCUT2D eigenvalue weighted by Gasteiger charge is -2.26. The van der Waals surface area contributed by atoms with Crippen molar-refractivity contribution in [2.45, 2.75) is 39.0 Å². The molecule has 1 aromatic heterocycles. The Bertz CT molecular complexity index is 662. The van der Waals surface area contributed by atoms with Crippen LogP contribution in [-0.2, 0) is 5.41 Å². The Morgan fingerprint density at radius 3 is 2.77 bits per heavy atom. The molecular formula is C17H22N4O. The van der Waals surface area contributed by atoms with Crippen LogP contribution in [0.1, 0.15) is 55.4 Å². The number of carbonyl (C=O) groups excluding carboxylic acids is 1. The van der Waals surface area contributed by atoms with Gasteiger partial charge in [0.25, 0.3) is 0 Å². The van der Waals surface area contributed by atoms with E-state index in [2.05, 4.69) is 37.1 Å². The number of nitrogen functional groups attached to an aromatic ring is 1. The van der Waals surface area contributed by atoms with Gasteiger partial charge in [-0.2, -0.15) is 5.26 Å². The second-order valence-corrected chi connectivity index (χ2v) is 6.51. The van der Waals surface area contributed by atoms with Gasteiger partial charge in [0.15, 0.2) is 5.78 Å². The first-order chi connectivity index (χ1) is 10.3. The summed E-state index contributed by atoms with van der Waals surface area (Å²) >= 11 is 0. The number of aromatic nitrogens is 1. The SMILES string of the molecule is CC(C)(C)c1cc(N)c(C(=O)CC#N)nc1C1=CCNCC1. The Kier molecular flexibility index (Phi) is 4.62. The number of nitrogens with one attached hydrogen (secondary N) is 1. The Morgan fingerprint density at radius 1 is 1.50 bits per heavy atom. The summed E-state index contributed by atoms with van der Waals surface area (Å²) in [4.78, 5) is 16.6. The van der Waals surface area contributed by atoms with Gasteiger partial charge in [-0.05, 0) is 35.6 Å². The van der Waals surface area contributed by atoms with Gasteiger partial charge in [-0.1, -0.05) is 26.8 Å². The molecule has 0 saturated heterocycles. The number of anilines is 1. The molecule has 2 rings (SSSR count). The van der Waals surface area contributed by atoms with Crippen LogP contribution in [0.15, 0.2) is 12.1 Å². The minimum atomic E-state index is -0.323. The highest BCUT2D eigenvalue weighted by atomic mass is 16.1. The number of hydrogen-bond acceptors (Lipinski definition) is 5. The molecule has 0 amide bonds. The smallest absolute Gasteiger partial charge is 0.197 e. The monoisotopic (exact) mass is 298 g/mol. The number of nitrogens with zero attached hydrogens (tertiary/aromatic N) is 2. The molecule has 0 unspecified atom stereocenters. The molecule has 116 valence electrons. The lowest BCUT2D eigenvalue weighted by atomic mass is 9.82. The van der Waals surface area contributed by atoms with Crippen LogP contribution in [0.3, 0.4) is 0 Å². The van der Waals surface area contributed by atoms with Crippen molar-refractivity contribution in [3.63, 3.8) is 0 Å². The minimum absolute atomic E-state index is 0.126. The lowest BCUT2D eigenvalue weighted by molar-refractivity contribution is 0.0994. The number of nitriles is 1. The first-order valence-corrected chi connectivity index (χ1v) is 7.46. The van der Waals surface area contributed by atoms with Crippen LogP contribution in [0.25, 0.3) is 5.57 Å². The normalized spacial score (nSPS) is 15.1. The maximum absolute atomic E-state index is 12.1. The summed E-state index contributed by atoms with van der Waals surface area (Å²) in [7, 11) is 0. The van der Waals surface area contributed by atoms with Gasteiger partial charge in [0.2, 0.25) is 0 Å². The largest absolute Gasteiger partial charge is 0.397 e. The summed E-state index contributed by atoms with van der Waals surface area (Å²) in [6.45, 7) is 8.00. The van der Waals surface area contributed by atoms with E-state index in [1.165, 1.54) is 0 Å². The zero-order chi connectivity index (χ0) is 16.3. The number of rotatable bonds is 3. The van der Waals surface area contributed by atoms with E-state index in [9.17, 15) is 4.79 Å². The lowest BCUT2D eigenvalue weighted by Crippen LogP contribution is -2.23. The van der Waals surface area contributed by atoms with Crippen molar-refractivity contribution in [3.05, 3.63) is 29.1 Å². The zero-order valence-corrected chi connectivity index (χ0v) is 13.4. The fourth-order valence-electron chi connectivity index (χ4n) is 2.56. The molecule has 0 aliphatic carbocycles. The molecular weight excluding hydrogens is 276 g/mol. The summed E-state index contributed by atoms with van der Waals surface area (Å²) in [6, 6.07) is 3.71. The van der Waals surface area contributed by atoms with Crippen molar-refractivity contribution in [1.29, 1.82) is 5.26 Å². The molecule has 1 aromatic rings. The van der Waals surface area contributed by atoms with Crippen molar-refractivity contribution >= 4 is 17.0 Å². The number of ketones is 1. The number of carbonyl (C=O) groups is 1. The number of Topliss-reactive ketones (excluding diaryl/α,β-unsaturated/α-hetero) is 1. The Morgan fingerprint density at radius 2 is 2.23 bits per heavy atom. The third-order valence-corrected chi connectivity index (χ3v) is 3.73. The molecule has 0 spiro atoms. The summed E-state index contributed by atoms with van der Waals surface area (Å²) in [5.41, 5.74) is 9.46. The highest BCUT2D eigenvalue weighted by molar-refractivity contribution is 6.00. The number of pyridine rings is 1. The maximum Gasteiger partial charge on any atom is 0.197 e. The Balaban J connectivity index is 2.61. The highest BCUT2D eigenvalue weighted by Gasteiger charge is 2.25. The van der Waals surface area contributed by atoms with Crippen LogP contribution in [0, 0.1) is 11.3 Å². The number of nitrogens with two attached hydrogens (primary N) is 1. The van der Waals surface area contributed by atoms with Gasteiger partial charge < -0.3 is 11.1 Å². The average Bonchev–Trinajstić information content (AvgIpc) is 2.47. The average molecular weight is 298 g/mol. The summed E-state index contributed by atoms with van der Waals surface area (Å²) in [5, 5.41) is 12.0. The topological polar surface area (TPSA) is 91.8 Å². The van der Waals surface area contributed by atoms with E-state index in [1.807, 2.05) is 12.1 Å². The van der Waals surface area contributed by atoms with Gasteiger partial charge in [-0.3, -0.25) is 4.79 Å². The van der Waals surface area contributed by atoms with Gasteiger partial charge in [0.1, 0.15) is 12.1 Å². The van der Waals surface area contributed by atoms with Crippen LogP contribution in [0.4, 0.5) is 5.69 Å². The van der Waals surface area contributed by atoms with E-state index < -0.39 is 0 Å². The van der Waals surface area contributed by atoms with Gasteiger partial charge >= 0.3 is 0 Å². The molecule has 0 saturated carbocycles.